The first kappa shape index (κ1) is 14.5. The highest BCUT2D eigenvalue weighted by molar-refractivity contribution is 5.75. The fraction of sp³-hybridized carbons (Fsp3) is 0.462. The summed E-state index contributed by atoms with van der Waals surface area (Å²) in [7, 11) is 0. The standard InChI is InChI=1S/C13H20N2O3/c1-9-3-10(2)5-12(4-9)18-8-11(16)6-15-7-13(14)17/h3-5,11,15-16H,6-8H2,1-2H3,(H2,14,17). The van der Waals surface area contributed by atoms with E-state index in [9.17, 15) is 9.90 Å². The zero-order valence-corrected chi connectivity index (χ0v) is 10.8. The number of nitrogens with two attached hydrogens (primary N) is 1. The Hall–Kier alpha value is -1.59. The van der Waals surface area contributed by atoms with Crippen LogP contribution in [0.3, 0.4) is 0 Å². The van der Waals surface area contributed by atoms with Crippen molar-refractivity contribution in [2.24, 2.45) is 5.73 Å². The first-order valence-electron chi connectivity index (χ1n) is 5.85. The second-order valence-electron chi connectivity index (χ2n) is 4.39. The smallest absolute Gasteiger partial charge is 0.231 e. The van der Waals surface area contributed by atoms with Gasteiger partial charge in [-0.1, -0.05) is 6.07 Å². The van der Waals surface area contributed by atoms with Gasteiger partial charge in [0.1, 0.15) is 18.5 Å². The van der Waals surface area contributed by atoms with E-state index in [-0.39, 0.29) is 19.7 Å². The minimum absolute atomic E-state index is 0.0562. The van der Waals surface area contributed by atoms with E-state index in [4.69, 9.17) is 10.5 Å². The number of aryl methyl sites for hydroxylation is 2. The van der Waals surface area contributed by atoms with Gasteiger partial charge in [-0.15, -0.1) is 0 Å². The number of hydrogen-bond donors (Lipinski definition) is 3. The summed E-state index contributed by atoms with van der Waals surface area (Å²) in [6.07, 6.45) is -0.676. The van der Waals surface area contributed by atoms with Crippen molar-refractivity contribution in [2.45, 2.75) is 20.0 Å². The molecule has 0 radical (unpaired) electrons. The number of benzene rings is 1. The van der Waals surface area contributed by atoms with Gasteiger partial charge in [0, 0.05) is 6.54 Å². The third kappa shape index (κ3) is 5.65. The fourth-order valence-corrected chi connectivity index (χ4v) is 1.63. The molecule has 0 saturated heterocycles. The second-order valence-corrected chi connectivity index (χ2v) is 4.39. The van der Waals surface area contributed by atoms with E-state index in [1.165, 1.54) is 0 Å². The molecular weight excluding hydrogens is 232 g/mol. The molecule has 100 valence electrons. The summed E-state index contributed by atoms with van der Waals surface area (Å²) < 4.78 is 5.48. The number of aliphatic hydroxyl groups excluding tert-OH is 1. The summed E-state index contributed by atoms with van der Waals surface area (Å²) in [5.41, 5.74) is 7.20. The molecular formula is C13H20N2O3. The van der Waals surface area contributed by atoms with Crippen LogP contribution in [-0.4, -0.2) is 36.8 Å². The average molecular weight is 252 g/mol. The van der Waals surface area contributed by atoms with Crippen LogP contribution < -0.4 is 15.8 Å². The van der Waals surface area contributed by atoms with Crippen LogP contribution in [0.15, 0.2) is 18.2 Å². The van der Waals surface area contributed by atoms with Crippen LogP contribution in [0.1, 0.15) is 11.1 Å². The largest absolute Gasteiger partial charge is 0.491 e. The minimum atomic E-state index is -0.676. The van der Waals surface area contributed by atoms with Crippen LogP contribution in [-0.2, 0) is 4.79 Å². The Morgan fingerprint density at radius 2 is 2.00 bits per heavy atom. The predicted octanol–water partition coefficient (Wildman–Crippen LogP) is 0.118. The van der Waals surface area contributed by atoms with Gasteiger partial charge in [0.15, 0.2) is 0 Å². The van der Waals surface area contributed by atoms with Crippen molar-refractivity contribution in [3.63, 3.8) is 0 Å². The van der Waals surface area contributed by atoms with E-state index in [2.05, 4.69) is 11.4 Å². The molecule has 4 N–H and O–H groups in total. The summed E-state index contributed by atoms with van der Waals surface area (Å²) in [6.45, 7) is 4.48. The number of hydrogen-bond acceptors (Lipinski definition) is 4. The number of ether oxygens (including phenoxy) is 1. The van der Waals surface area contributed by atoms with E-state index in [1.54, 1.807) is 0 Å². The van der Waals surface area contributed by atoms with E-state index in [1.807, 2.05) is 26.0 Å². The average Bonchev–Trinajstić information content (AvgIpc) is 2.24. The van der Waals surface area contributed by atoms with Crippen LogP contribution in [0.4, 0.5) is 0 Å². The molecule has 0 aliphatic rings. The SMILES string of the molecule is Cc1cc(C)cc(OCC(O)CNCC(N)=O)c1. The van der Waals surface area contributed by atoms with Crippen molar-refractivity contribution in [1.29, 1.82) is 0 Å². The van der Waals surface area contributed by atoms with E-state index < -0.39 is 12.0 Å². The maximum Gasteiger partial charge on any atom is 0.231 e. The highest BCUT2D eigenvalue weighted by Gasteiger charge is 2.06. The molecule has 5 heteroatoms. The molecule has 0 fully saturated rings. The van der Waals surface area contributed by atoms with Crippen molar-refractivity contribution < 1.29 is 14.6 Å². The van der Waals surface area contributed by atoms with Crippen molar-refractivity contribution in [1.82, 2.24) is 5.32 Å². The molecule has 5 nitrogen and oxygen atoms in total. The van der Waals surface area contributed by atoms with E-state index >= 15 is 0 Å². The Morgan fingerprint density at radius 3 is 2.56 bits per heavy atom. The molecule has 0 aliphatic heterocycles. The number of rotatable bonds is 7. The number of carbonyl (C=O) groups is 1. The third-order valence-electron chi connectivity index (χ3n) is 2.32. The fourth-order valence-electron chi connectivity index (χ4n) is 1.63. The van der Waals surface area contributed by atoms with E-state index in [0.29, 0.717) is 0 Å². The molecule has 0 aromatic heterocycles. The van der Waals surface area contributed by atoms with Crippen molar-refractivity contribution in [3.8, 4) is 5.75 Å². The molecule has 1 amide bonds. The van der Waals surface area contributed by atoms with Crippen molar-refractivity contribution >= 4 is 5.91 Å². The molecule has 0 spiro atoms. The van der Waals surface area contributed by atoms with Crippen LogP contribution in [0.25, 0.3) is 0 Å². The van der Waals surface area contributed by atoms with Gasteiger partial charge in [0.2, 0.25) is 5.91 Å². The highest BCUT2D eigenvalue weighted by Crippen LogP contribution is 2.16. The Morgan fingerprint density at radius 1 is 1.39 bits per heavy atom. The molecule has 0 bridgehead atoms. The zero-order chi connectivity index (χ0) is 13.5. The van der Waals surface area contributed by atoms with Gasteiger partial charge in [-0.3, -0.25) is 4.79 Å². The first-order valence-corrected chi connectivity index (χ1v) is 5.85. The Bertz CT molecular complexity index is 387. The highest BCUT2D eigenvalue weighted by atomic mass is 16.5. The lowest BCUT2D eigenvalue weighted by Crippen LogP contribution is -2.36. The molecule has 0 aliphatic carbocycles. The predicted molar refractivity (Wildman–Crippen MR) is 69.5 cm³/mol. The Kier molecular flexibility index (Phi) is 5.61. The van der Waals surface area contributed by atoms with Gasteiger partial charge in [0.05, 0.1) is 6.54 Å². The molecule has 18 heavy (non-hydrogen) atoms. The molecule has 1 unspecified atom stereocenters. The topological polar surface area (TPSA) is 84.6 Å². The Labute approximate surface area is 107 Å². The normalized spacial score (nSPS) is 12.2. The first-order chi connectivity index (χ1) is 8.47. The number of carbonyl (C=O) groups excluding carboxylic acids is 1. The number of amides is 1. The molecule has 1 aromatic rings. The second kappa shape index (κ2) is 6.98. The van der Waals surface area contributed by atoms with Gasteiger partial charge in [-0.2, -0.15) is 0 Å². The van der Waals surface area contributed by atoms with Gasteiger partial charge in [-0.05, 0) is 37.1 Å². The number of aliphatic hydroxyl groups is 1. The molecule has 1 atom stereocenters. The van der Waals surface area contributed by atoms with Crippen molar-refractivity contribution in [3.05, 3.63) is 29.3 Å². The number of primary amides is 1. The quantitative estimate of drug-likeness (QED) is 0.643. The van der Waals surface area contributed by atoms with Gasteiger partial charge >= 0.3 is 0 Å². The van der Waals surface area contributed by atoms with Crippen LogP contribution in [0, 0.1) is 13.8 Å². The van der Waals surface area contributed by atoms with Gasteiger partial charge < -0.3 is 20.9 Å². The van der Waals surface area contributed by atoms with E-state index in [0.717, 1.165) is 16.9 Å². The third-order valence-corrected chi connectivity index (χ3v) is 2.32. The number of nitrogens with one attached hydrogen (secondary N) is 1. The lowest BCUT2D eigenvalue weighted by molar-refractivity contribution is -0.117. The van der Waals surface area contributed by atoms with Crippen LogP contribution in [0.2, 0.25) is 0 Å². The molecule has 1 rings (SSSR count). The molecule has 0 heterocycles. The summed E-state index contributed by atoms with van der Waals surface area (Å²) in [6, 6.07) is 5.88. The lowest BCUT2D eigenvalue weighted by Gasteiger charge is -2.13. The monoisotopic (exact) mass is 252 g/mol. The zero-order valence-electron chi connectivity index (χ0n) is 10.8. The summed E-state index contributed by atoms with van der Waals surface area (Å²) >= 11 is 0. The summed E-state index contributed by atoms with van der Waals surface area (Å²) in [5, 5.41) is 12.4. The lowest BCUT2D eigenvalue weighted by atomic mass is 10.1. The molecule has 1 aromatic carbocycles. The van der Waals surface area contributed by atoms with Crippen LogP contribution in [0.5, 0.6) is 5.75 Å². The summed E-state index contributed by atoms with van der Waals surface area (Å²) in [5.74, 6) is 0.291. The minimum Gasteiger partial charge on any atom is -0.491 e. The summed E-state index contributed by atoms with van der Waals surface area (Å²) in [4.78, 5) is 10.5. The molecule has 0 saturated carbocycles. The maximum absolute atomic E-state index is 10.5. The Balaban J connectivity index is 2.33. The maximum atomic E-state index is 10.5. The van der Waals surface area contributed by atoms with Gasteiger partial charge in [-0.25, -0.2) is 0 Å². The van der Waals surface area contributed by atoms with Gasteiger partial charge in [0.25, 0.3) is 0 Å². The van der Waals surface area contributed by atoms with Crippen molar-refractivity contribution in [2.75, 3.05) is 19.7 Å². The van der Waals surface area contributed by atoms with Crippen LogP contribution >= 0.6 is 0 Å².